The fourth-order valence-electron chi connectivity index (χ4n) is 6.50. The van der Waals surface area contributed by atoms with E-state index in [4.69, 9.17) is 9.15 Å². The molecule has 0 spiro atoms. The molecule has 1 aliphatic heterocycles. The minimum absolute atomic E-state index is 0.0146. The summed E-state index contributed by atoms with van der Waals surface area (Å²) in [4.78, 5) is 5.94. The van der Waals surface area contributed by atoms with Gasteiger partial charge in [-0.05, 0) is 42.0 Å². The molecule has 2 heterocycles. The van der Waals surface area contributed by atoms with Crippen molar-refractivity contribution in [1.82, 2.24) is 4.98 Å². The molecule has 9 heteroatoms. The number of aliphatic hydroxyl groups is 1. The first-order valence-electron chi connectivity index (χ1n) is 14.8. The highest BCUT2D eigenvalue weighted by atomic mass is 19.4. The Bertz CT molecular complexity index is 1230. The molecule has 41 heavy (non-hydrogen) atoms. The molecule has 1 saturated heterocycles. The first kappa shape index (κ1) is 29.6. The molecule has 2 fully saturated rings. The Labute approximate surface area is 239 Å². The number of hydrogen-bond donors (Lipinski definition) is 2. The minimum Gasteiger partial charge on any atom is -0.436 e. The van der Waals surface area contributed by atoms with Crippen LogP contribution in [0.15, 0.2) is 65.2 Å². The largest absolute Gasteiger partial charge is 0.573 e. The SMILES string of the molecule is CCC1CC[NH+](Cc2cnc([C@](O)(c3ccccc3)C3CCCCC3)o2)C[C@@H]1OCc1ccc(OC(F)(F)F)cc1. The van der Waals surface area contributed by atoms with Gasteiger partial charge in [-0.3, -0.25) is 0 Å². The molecule has 0 radical (unpaired) electrons. The number of rotatable bonds is 10. The first-order chi connectivity index (χ1) is 19.7. The lowest BCUT2D eigenvalue weighted by atomic mass is 9.73. The maximum absolute atomic E-state index is 12.5. The third-order valence-electron chi connectivity index (χ3n) is 8.74. The van der Waals surface area contributed by atoms with Gasteiger partial charge in [0.25, 0.3) is 0 Å². The molecule has 6 nitrogen and oxygen atoms in total. The van der Waals surface area contributed by atoms with Crippen LogP contribution >= 0.6 is 0 Å². The zero-order valence-electron chi connectivity index (χ0n) is 23.5. The summed E-state index contributed by atoms with van der Waals surface area (Å²) >= 11 is 0. The van der Waals surface area contributed by atoms with Crippen molar-refractivity contribution in [2.75, 3.05) is 13.1 Å². The number of piperidine rings is 1. The Balaban J connectivity index is 1.24. The summed E-state index contributed by atoms with van der Waals surface area (Å²) in [7, 11) is 0. The molecule has 2 aromatic carbocycles. The second-order valence-corrected chi connectivity index (χ2v) is 11.5. The molecule has 0 amide bonds. The summed E-state index contributed by atoms with van der Waals surface area (Å²) in [6.07, 6.45) is 4.32. The van der Waals surface area contributed by atoms with Crippen molar-refractivity contribution < 1.29 is 37.1 Å². The number of likely N-dealkylation sites (tertiary alicyclic amines) is 1. The maximum Gasteiger partial charge on any atom is 0.573 e. The number of halogens is 3. The van der Waals surface area contributed by atoms with E-state index in [1.807, 2.05) is 30.3 Å². The average molecular weight is 574 g/mol. The average Bonchev–Trinajstić information content (AvgIpc) is 3.45. The number of nitrogens with one attached hydrogen (secondary N) is 1. The van der Waals surface area contributed by atoms with Crippen molar-refractivity contribution in [2.45, 2.75) is 83.1 Å². The first-order valence-corrected chi connectivity index (χ1v) is 14.8. The van der Waals surface area contributed by atoms with E-state index in [0.29, 0.717) is 25.0 Å². The molecule has 1 saturated carbocycles. The van der Waals surface area contributed by atoms with Gasteiger partial charge >= 0.3 is 6.36 Å². The summed E-state index contributed by atoms with van der Waals surface area (Å²) in [6.45, 7) is 4.88. The number of benzene rings is 2. The van der Waals surface area contributed by atoms with Crippen molar-refractivity contribution in [3.63, 3.8) is 0 Å². The molecule has 2 N–H and O–H groups in total. The third-order valence-corrected chi connectivity index (χ3v) is 8.74. The normalized spacial score (nSPS) is 23.7. The van der Waals surface area contributed by atoms with Crippen LogP contribution in [0.2, 0.25) is 0 Å². The van der Waals surface area contributed by atoms with Gasteiger partial charge < -0.3 is 23.9 Å². The molecular formula is C32H40F3N2O4+. The molecule has 5 rings (SSSR count). The van der Waals surface area contributed by atoms with E-state index in [-0.39, 0.29) is 17.8 Å². The molecule has 222 valence electrons. The standard InChI is InChI=1S/C32H39F3N2O4/c1-2-24-17-18-37(21-29(24)39-22-23-13-15-27(16-14-23)41-32(33,34)35)20-28-19-36-30(40-28)31(38,25-9-5-3-6-10-25)26-11-7-4-8-12-26/h3,5-6,9-10,13-16,19,24,26,29,38H,2,4,7-8,11-12,17-18,20-22H2,1H3/p+1/t24?,29-,31-/m0/s1. The van der Waals surface area contributed by atoms with Crippen molar-refractivity contribution in [3.05, 3.63) is 83.6 Å². The molecule has 4 atom stereocenters. The van der Waals surface area contributed by atoms with Crippen molar-refractivity contribution in [2.24, 2.45) is 11.8 Å². The Morgan fingerprint density at radius 2 is 1.73 bits per heavy atom. The highest BCUT2D eigenvalue weighted by Gasteiger charge is 2.45. The zero-order valence-corrected chi connectivity index (χ0v) is 23.5. The van der Waals surface area contributed by atoms with E-state index >= 15 is 0 Å². The number of ether oxygens (including phenoxy) is 2. The molecule has 3 aromatic rings. The van der Waals surface area contributed by atoms with Gasteiger partial charge in [-0.2, -0.15) is 0 Å². The highest BCUT2D eigenvalue weighted by molar-refractivity contribution is 5.30. The Morgan fingerprint density at radius 3 is 2.41 bits per heavy atom. The van der Waals surface area contributed by atoms with E-state index < -0.39 is 12.0 Å². The predicted molar refractivity (Wildman–Crippen MR) is 147 cm³/mol. The Hall–Kier alpha value is -2.88. The third kappa shape index (κ3) is 7.31. The lowest BCUT2D eigenvalue weighted by molar-refractivity contribution is -0.924. The predicted octanol–water partition coefficient (Wildman–Crippen LogP) is 5.79. The van der Waals surface area contributed by atoms with Crippen LogP contribution in [0, 0.1) is 11.8 Å². The summed E-state index contributed by atoms with van der Waals surface area (Å²) < 4.78 is 54.0. The number of hydrogen-bond acceptors (Lipinski definition) is 5. The van der Waals surface area contributed by atoms with Gasteiger partial charge in [0.05, 0.1) is 19.3 Å². The topological polar surface area (TPSA) is 69.2 Å². The number of alkyl halides is 3. The molecular weight excluding hydrogens is 533 g/mol. The molecule has 1 aliphatic carbocycles. The van der Waals surface area contributed by atoms with Gasteiger partial charge in [0.2, 0.25) is 5.89 Å². The fourth-order valence-corrected chi connectivity index (χ4v) is 6.50. The highest BCUT2D eigenvalue weighted by Crippen LogP contribution is 2.43. The van der Waals surface area contributed by atoms with Crippen LogP contribution < -0.4 is 9.64 Å². The zero-order chi connectivity index (χ0) is 28.9. The quantitative estimate of drug-likeness (QED) is 0.322. The Morgan fingerprint density at radius 1 is 1.00 bits per heavy atom. The van der Waals surface area contributed by atoms with Crippen LogP contribution in [0.5, 0.6) is 5.75 Å². The van der Waals surface area contributed by atoms with Crippen LogP contribution in [0.1, 0.15) is 74.6 Å². The fraction of sp³-hybridized carbons (Fsp3) is 0.531. The van der Waals surface area contributed by atoms with E-state index in [1.165, 1.54) is 23.5 Å². The number of quaternary nitrogens is 1. The van der Waals surface area contributed by atoms with Crippen LogP contribution in [0.3, 0.4) is 0 Å². The lowest BCUT2D eigenvalue weighted by Gasteiger charge is -2.36. The minimum atomic E-state index is -4.71. The Kier molecular flexibility index (Phi) is 9.36. The van der Waals surface area contributed by atoms with Gasteiger partial charge in [-0.15, -0.1) is 13.2 Å². The van der Waals surface area contributed by atoms with Gasteiger partial charge in [-0.1, -0.05) is 75.1 Å². The summed E-state index contributed by atoms with van der Waals surface area (Å²) in [6, 6.07) is 15.6. The summed E-state index contributed by atoms with van der Waals surface area (Å²) in [5.74, 6) is 1.35. The number of aromatic nitrogens is 1. The van der Waals surface area contributed by atoms with Gasteiger partial charge in [-0.25, -0.2) is 4.98 Å². The summed E-state index contributed by atoms with van der Waals surface area (Å²) in [5.41, 5.74) is 0.365. The second kappa shape index (κ2) is 13.0. The monoisotopic (exact) mass is 573 g/mol. The van der Waals surface area contributed by atoms with Crippen LogP contribution in [0.4, 0.5) is 13.2 Å². The van der Waals surface area contributed by atoms with Crippen molar-refractivity contribution in [1.29, 1.82) is 0 Å². The van der Waals surface area contributed by atoms with E-state index in [9.17, 15) is 18.3 Å². The molecule has 1 aromatic heterocycles. The molecule has 2 unspecified atom stereocenters. The van der Waals surface area contributed by atoms with E-state index in [0.717, 1.165) is 68.5 Å². The van der Waals surface area contributed by atoms with E-state index in [1.54, 1.807) is 18.3 Å². The van der Waals surface area contributed by atoms with Crippen molar-refractivity contribution >= 4 is 0 Å². The smallest absolute Gasteiger partial charge is 0.436 e. The number of nitrogens with zero attached hydrogens (tertiary/aromatic N) is 1. The van der Waals surface area contributed by atoms with E-state index in [2.05, 4.69) is 16.6 Å². The number of oxazole rings is 1. The maximum atomic E-state index is 12.5. The van der Waals surface area contributed by atoms with Crippen LogP contribution in [-0.4, -0.2) is 35.6 Å². The van der Waals surface area contributed by atoms with Gasteiger partial charge in [0.15, 0.2) is 11.4 Å². The van der Waals surface area contributed by atoms with Gasteiger partial charge in [0.1, 0.15) is 24.9 Å². The van der Waals surface area contributed by atoms with Gasteiger partial charge in [0, 0.05) is 12.3 Å². The second-order valence-electron chi connectivity index (χ2n) is 11.5. The van der Waals surface area contributed by atoms with Crippen LogP contribution in [-0.2, 0) is 23.5 Å². The summed E-state index contributed by atoms with van der Waals surface area (Å²) in [5, 5.41) is 12.1. The lowest BCUT2D eigenvalue weighted by Crippen LogP contribution is -3.13. The van der Waals surface area contributed by atoms with Crippen LogP contribution in [0.25, 0.3) is 0 Å². The molecule has 0 bridgehead atoms. The molecule has 2 aliphatic rings. The van der Waals surface area contributed by atoms with Crippen molar-refractivity contribution in [3.8, 4) is 5.75 Å².